The van der Waals surface area contributed by atoms with Gasteiger partial charge in [0.1, 0.15) is 11.6 Å². The number of rotatable bonds is 10. The van der Waals surface area contributed by atoms with Crippen molar-refractivity contribution in [2.75, 3.05) is 12.4 Å². The smallest absolute Gasteiger partial charge is 0.408 e. The average Bonchev–Trinajstić information content (AvgIpc) is 2.75. The summed E-state index contributed by atoms with van der Waals surface area (Å²) in [6.07, 6.45) is -0.883. The molecular formula is C23H31ClN4O6S. The Kier molecular flexibility index (Phi) is 10.4. The Morgan fingerprint density at radius 2 is 1.80 bits per heavy atom. The summed E-state index contributed by atoms with van der Waals surface area (Å²) in [4.78, 5) is 54.7. The number of halogens is 1. The zero-order valence-electron chi connectivity index (χ0n) is 20.5. The van der Waals surface area contributed by atoms with Crippen LogP contribution in [0.25, 0.3) is 0 Å². The molecule has 2 rings (SSSR count). The number of hydrogen-bond acceptors (Lipinski definition) is 8. The lowest BCUT2D eigenvalue weighted by molar-refractivity contribution is -0.145. The lowest BCUT2D eigenvalue weighted by atomic mass is 10.2. The van der Waals surface area contributed by atoms with Crippen molar-refractivity contribution in [3.8, 4) is 0 Å². The quantitative estimate of drug-likeness (QED) is 0.370. The molecule has 0 aliphatic heterocycles. The number of ether oxygens (including phenoxy) is 2. The summed E-state index contributed by atoms with van der Waals surface area (Å²) in [6, 6.07) is 5.87. The van der Waals surface area contributed by atoms with Gasteiger partial charge in [-0.25, -0.2) is 23.7 Å². The first-order valence-electron chi connectivity index (χ1n) is 11.2. The molecule has 0 aliphatic carbocycles. The summed E-state index contributed by atoms with van der Waals surface area (Å²) in [5.74, 6) is -0.0830. The van der Waals surface area contributed by atoms with Crippen LogP contribution in [-0.4, -0.2) is 50.2 Å². The highest BCUT2D eigenvalue weighted by Gasteiger charge is 2.26. The second-order valence-electron chi connectivity index (χ2n) is 8.50. The van der Waals surface area contributed by atoms with E-state index in [9.17, 15) is 19.2 Å². The van der Waals surface area contributed by atoms with Crippen LogP contribution in [-0.2, 0) is 27.4 Å². The average molecular weight is 527 g/mol. The third kappa shape index (κ3) is 8.74. The molecule has 10 nitrogen and oxygen atoms in total. The third-order valence-corrected chi connectivity index (χ3v) is 5.66. The normalized spacial score (nSPS) is 12.2. The van der Waals surface area contributed by atoms with Crippen LogP contribution in [0.2, 0.25) is 5.02 Å². The van der Waals surface area contributed by atoms with Crippen LogP contribution < -0.4 is 16.7 Å². The number of aromatic nitrogens is 3. The molecule has 1 heterocycles. The van der Waals surface area contributed by atoms with Crippen LogP contribution in [0.5, 0.6) is 0 Å². The van der Waals surface area contributed by atoms with Gasteiger partial charge in [0.2, 0.25) is 0 Å². The molecule has 1 N–H and O–H groups in total. The molecule has 0 saturated heterocycles. The highest BCUT2D eigenvalue weighted by molar-refractivity contribution is 7.99. The van der Waals surface area contributed by atoms with Crippen LogP contribution in [0.3, 0.4) is 0 Å². The zero-order valence-corrected chi connectivity index (χ0v) is 22.1. The van der Waals surface area contributed by atoms with Gasteiger partial charge in [0.25, 0.3) is 0 Å². The minimum absolute atomic E-state index is 0.0733. The molecular weight excluding hydrogens is 496 g/mol. The van der Waals surface area contributed by atoms with Crippen molar-refractivity contribution in [3.05, 3.63) is 55.8 Å². The summed E-state index contributed by atoms with van der Waals surface area (Å²) < 4.78 is 12.6. The minimum atomic E-state index is -1.12. The van der Waals surface area contributed by atoms with Gasteiger partial charge in [0.15, 0.2) is 5.16 Å². The van der Waals surface area contributed by atoms with Gasteiger partial charge in [-0.2, -0.15) is 4.98 Å². The van der Waals surface area contributed by atoms with Gasteiger partial charge in [-0.05, 0) is 57.6 Å². The molecule has 0 bridgehead atoms. The van der Waals surface area contributed by atoms with E-state index in [1.807, 2.05) is 6.92 Å². The monoisotopic (exact) mass is 526 g/mol. The number of nitrogens with zero attached hydrogens (tertiary/aromatic N) is 3. The molecule has 1 amide bonds. The van der Waals surface area contributed by atoms with Crippen molar-refractivity contribution in [1.29, 1.82) is 0 Å². The van der Waals surface area contributed by atoms with Crippen molar-refractivity contribution < 1.29 is 19.1 Å². The fourth-order valence-corrected chi connectivity index (χ4v) is 3.88. The molecule has 0 spiro atoms. The fourth-order valence-electron chi connectivity index (χ4n) is 3.05. The van der Waals surface area contributed by atoms with E-state index in [1.54, 1.807) is 52.0 Å². The number of hydrogen-bond donors (Lipinski definition) is 1. The second kappa shape index (κ2) is 12.8. The number of carbonyl (C=O) groups excluding carboxylic acids is 2. The highest BCUT2D eigenvalue weighted by atomic mass is 35.5. The first kappa shape index (κ1) is 28.4. The third-order valence-electron chi connectivity index (χ3n) is 4.55. The van der Waals surface area contributed by atoms with Gasteiger partial charge in [-0.3, -0.25) is 4.57 Å². The predicted octanol–water partition coefficient (Wildman–Crippen LogP) is 3.07. The summed E-state index contributed by atoms with van der Waals surface area (Å²) in [6.45, 7) is 8.72. The predicted molar refractivity (Wildman–Crippen MR) is 134 cm³/mol. The summed E-state index contributed by atoms with van der Waals surface area (Å²) >= 11 is 7.23. The Hall–Kier alpha value is -2.79. The number of nitrogens with one attached hydrogen (secondary N) is 1. The molecule has 0 fully saturated rings. The Balaban J connectivity index is 2.34. The van der Waals surface area contributed by atoms with Crippen molar-refractivity contribution in [2.24, 2.45) is 0 Å². The second-order valence-corrected chi connectivity index (χ2v) is 10.2. The van der Waals surface area contributed by atoms with Gasteiger partial charge >= 0.3 is 23.4 Å². The molecule has 1 aromatic heterocycles. The SMILES string of the molecule is CCOC(=O)[C@H](CCn1c(=O)nc(SCC)n(Cc2ccc(Cl)cc2)c1=O)NC(=O)OC(C)(C)C. The van der Waals surface area contributed by atoms with E-state index in [1.165, 1.54) is 16.3 Å². The molecule has 1 atom stereocenters. The van der Waals surface area contributed by atoms with E-state index in [0.717, 1.165) is 10.1 Å². The number of esters is 1. The summed E-state index contributed by atoms with van der Waals surface area (Å²) in [5.41, 5.74) is -1.28. The number of amides is 1. The number of thioether (sulfide) groups is 1. The summed E-state index contributed by atoms with van der Waals surface area (Å²) in [5, 5.41) is 3.32. The van der Waals surface area contributed by atoms with Crippen molar-refractivity contribution in [3.63, 3.8) is 0 Å². The summed E-state index contributed by atoms with van der Waals surface area (Å²) in [7, 11) is 0. The van der Waals surface area contributed by atoms with Gasteiger partial charge < -0.3 is 14.8 Å². The molecule has 2 aromatic rings. The lowest BCUT2D eigenvalue weighted by Crippen LogP contribution is -2.47. The van der Waals surface area contributed by atoms with Gasteiger partial charge in [0.05, 0.1) is 13.2 Å². The molecule has 0 aliphatic rings. The van der Waals surface area contributed by atoms with E-state index in [0.29, 0.717) is 15.9 Å². The number of benzene rings is 1. The standard InChI is InChI=1S/C23H31ClN4O6S/c1-6-33-18(29)17(25-21(31)34-23(3,4)5)12-13-27-19(30)26-20(35-7-2)28(22(27)32)14-15-8-10-16(24)11-9-15/h8-11,17H,6-7,12-14H2,1-5H3,(H,25,31)/t17-/m0/s1. The maximum Gasteiger partial charge on any atom is 0.408 e. The van der Waals surface area contributed by atoms with E-state index in [2.05, 4.69) is 10.3 Å². The topological polar surface area (TPSA) is 122 Å². The van der Waals surface area contributed by atoms with Crippen molar-refractivity contribution in [1.82, 2.24) is 19.4 Å². The number of alkyl carbamates (subject to hydrolysis) is 1. The van der Waals surface area contributed by atoms with Crippen molar-refractivity contribution in [2.45, 2.75) is 70.9 Å². The molecule has 12 heteroatoms. The highest BCUT2D eigenvalue weighted by Crippen LogP contribution is 2.15. The molecule has 0 saturated carbocycles. The van der Waals surface area contributed by atoms with E-state index in [-0.39, 0.29) is 26.1 Å². The maximum atomic E-state index is 13.3. The molecule has 35 heavy (non-hydrogen) atoms. The first-order valence-corrected chi connectivity index (χ1v) is 12.6. The zero-order chi connectivity index (χ0) is 26.2. The van der Waals surface area contributed by atoms with Crippen LogP contribution in [0.4, 0.5) is 4.79 Å². The molecule has 0 radical (unpaired) electrons. The van der Waals surface area contributed by atoms with Gasteiger partial charge in [-0.1, -0.05) is 42.4 Å². The first-order chi connectivity index (χ1) is 16.4. The molecule has 1 aromatic carbocycles. The lowest BCUT2D eigenvalue weighted by Gasteiger charge is -2.23. The van der Waals surface area contributed by atoms with E-state index >= 15 is 0 Å². The molecule has 0 unspecified atom stereocenters. The Bertz CT molecular complexity index is 1140. The van der Waals surface area contributed by atoms with E-state index < -0.39 is 35.1 Å². The Labute approximate surface area is 213 Å². The largest absolute Gasteiger partial charge is 0.464 e. The molecule has 192 valence electrons. The minimum Gasteiger partial charge on any atom is -0.464 e. The Morgan fingerprint density at radius 3 is 2.37 bits per heavy atom. The van der Waals surface area contributed by atoms with Crippen LogP contribution in [0.1, 0.15) is 46.6 Å². The Morgan fingerprint density at radius 1 is 1.14 bits per heavy atom. The van der Waals surface area contributed by atoms with Crippen LogP contribution in [0, 0.1) is 0 Å². The van der Waals surface area contributed by atoms with Crippen LogP contribution in [0.15, 0.2) is 39.0 Å². The fraction of sp³-hybridized carbons (Fsp3) is 0.522. The number of carbonyl (C=O) groups is 2. The van der Waals surface area contributed by atoms with E-state index in [4.69, 9.17) is 21.1 Å². The van der Waals surface area contributed by atoms with Crippen molar-refractivity contribution >= 4 is 35.4 Å². The van der Waals surface area contributed by atoms with Gasteiger partial charge in [0, 0.05) is 11.6 Å². The van der Waals surface area contributed by atoms with Gasteiger partial charge in [-0.15, -0.1) is 0 Å². The van der Waals surface area contributed by atoms with Crippen LogP contribution >= 0.6 is 23.4 Å². The maximum absolute atomic E-state index is 13.3.